The van der Waals surface area contributed by atoms with Crippen LogP contribution in [0.25, 0.3) is 10.9 Å². The lowest BCUT2D eigenvalue weighted by molar-refractivity contribution is 0.0663. The number of nitrogens with zero attached hydrogens (tertiary/aromatic N) is 1. The Labute approximate surface area is 118 Å². The number of rotatable bonds is 4. The van der Waals surface area contributed by atoms with Crippen LogP contribution in [-0.2, 0) is 6.54 Å². The highest BCUT2D eigenvalue weighted by Gasteiger charge is 2.17. The Morgan fingerprint density at radius 2 is 1.95 bits per heavy atom. The first-order valence-corrected chi connectivity index (χ1v) is 6.76. The molecular weight excluding hydrogens is 254 g/mol. The van der Waals surface area contributed by atoms with Gasteiger partial charge in [0.15, 0.2) is 0 Å². The van der Waals surface area contributed by atoms with Crippen LogP contribution in [0, 0.1) is 13.8 Å². The molecule has 0 spiro atoms. The van der Waals surface area contributed by atoms with Crippen molar-refractivity contribution in [1.29, 1.82) is 0 Å². The molecule has 0 amide bonds. The van der Waals surface area contributed by atoms with Gasteiger partial charge in [0.1, 0.15) is 0 Å². The van der Waals surface area contributed by atoms with Gasteiger partial charge >= 0.3 is 5.97 Å². The Kier molecular flexibility index (Phi) is 3.61. The molecule has 4 heteroatoms. The smallest absolute Gasteiger partial charge is 0.335 e. The van der Waals surface area contributed by atoms with Crippen LogP contribution in [-0.4, -0.2) is 26.4 Å². The predicted molar refractivity (Wildman–Crippen MR) is 79.3 cm³/mol. The standard InChI is InChI=1S/C16H21NO3/c1-10-11(2)17(8-7-16(3,4)20)14-6-5-12(15(18)19)9-13(10)14/h5-6,9,20H,7-8H2,1-4H3,(H,18,19). The van der Waals surface area contributed by atoms with E-state index >= 15 is 0 Å². The van der Waals surface area contributed by atoms with Crippen LogP contribution in [0.2, 0.25) is 0 Å². The minimum Gasteiger partial charge on any atom is -0.478 e. The van der Waals surface area contributed by atoms with Gasteiger partial charge in [0.05, 0.1) is 11.2 Å². The van der Waals surface area contributed by atoms with Gasteiger partial charge in [-0.1, -0.05) is 0 Å². The molecule has 20 heavy (non-hydrogen) atoms. The number of hydrogen-bond acceptors (Lipinski definition) is 2. The zero-order valence-corrected chi connectivity index (χ0v) is 12.4. The fraction of sp³-hybridized carbons (Fsp3) is 0.438. The molecule has 1 aromatic heterocycles. The molecule has 108 valence electrons. The maximum atomic E-state index is 11.1. The van der Waals surface area contributed by atoms with Gasteiger partial charge in [-0.2, -0.15) is 0 Å². The van der Waals surface area contributed by atoms with Gasteiger partial charge in [-0.15, -0.1) is 0 Å². The van der Waals surface area contributed by atoms with Crippen molar-refractivity contribution >= 4 is 16.9 Å². The summed E-state index contributed by atoms with van der Waals surface area (Å²) in [5.41, 5.74) is 2.83. The van der Waals surface area contributed by atoms with Crippen molar-refractivity contribution < 1.29 is 15.0 Å². The van der Waals surface area contributed by atoms with E-state index in [9.17, 15) is 9.90 Å². The molecule has 0 fully saturated rings. The van der Waals surface area contributed by atoms with E-state index in [0.717, 1.165) is 22.2 Å². The minimum absolute atomic E-state index is 0.306. The molecule has 1 aromatic carbocycles. The quantitative estimate of drug-likeness (QED) is 0.901. The summed E-state index contributed by atoms with van der Waals surface area (Å²) in [5, 5.41) is 19.9. The Balaban J connectivity index is 2.50. The number of carbonyl (C=O) groups is 1. The number of hydrogen-bond donors (Lipinski definition) is 2. The van der Waals surface area contributed by atoms with Gasteiger partial charge < -0.3 is 14.8 Å². The minimum atomic E-state index is -0.909. The summed E-state index contributed by atoms with van der Waals surface area (Å²) in [7, 11) is 0. The van der Waals surface area contributed by atoms with Crippen LogP contribution in [0.1, 0.15) is 41.9 Å². The van der Waals surface area contributed by atoms with Crippen molar-refractivity contribution in [2.24, 2.45) is 0 Å². The van der Waals surface area contributed by atoms with E-state index in [1.54, 1.807) is 26.0 Å². The lowest BCUT2D eigenvalue weighted by Gasteiger charge is -2.18. The summed E-state index contributed by atoms with van der Waals surface area (Å²) in [6.45, 7) is 8.34. The molecule has 0 aliphatic rings. The number of carboxylic acids is 1. The second-order valence-electron chi connectivity index (χ2n) is 5.96. The third-order valence-electron chi connectivity index (χ3n) is 3.83. The van der Waals surface area contributed by atoms with E-state index in [1.807, 2.05) is 19.9 Å². The highest BCUT2D eigenvalue weighted by Crippen LogP contribution is 2.27. The highest BCUT2D eigenvalue weighted by atomic mass is 16.4. The number of aryl methyl sites for hydroxylation is 2. The fourth-order valence-corrected chi connectivity index (χ4v) is 2.46. The third-order valence-corrected chi connectivity index (χ3v) is 3.83. The maximum absolute atomic E-state index is 11.1. The molecule has 1 heterocycles. The lowest BCUT2D eigenvalue weighted by Crippen LogP contribution is -2.21. The topological polar surface area (TPSA) is 62.5 Å². The molecule has 0 bridgehead atoms. The molecule has 2 aromatic rings. The zero-order valence-electron chi connectivity index (χ0n) is 12.4. The monoisotopic (exact) mass is 275 g/mol. The van der Waals surface area contributed by atoms with E-state index in [1.165, 1.54) is 0 Å². The van der Waals surface area contributed by atoms with E-state index in [2.05, 4.69) is 4.57 Å². The highest BCUT2D eigenvalue weighted by molar-refractivity contribution is 5.95. The fourth-order valence-electron chi connectivity index (χ4n) is 2.46. The number of aromatic carboxylic acids is 1. The van der Waals surface area contributed by atoms with Gasteiger partial charge in [-0.05, 0) is 57.9 Å². The molecule has 0 saturated heterocycles. The molecule has 0 aliphatic carbocycles. The molecule has 0 atom stereocenters. The molecule has 0 unspecified atom stereocenters. The second kappa shape index (κ2) is 4.94. The summed E-state index contributed by atoms with van der Waals surface area (Å²) >= 11 is 0. The van der Waals surface area contributed by atoms with Crippen molar-refractivity contribution in [3.05, 3.63) is 35.0 Å². The number of aliphatic hydroxyl groups is 1. The van der Waals surface area contributed by atoms with Crippen LogP contribution in [0.15, 0.2) is 18.2 Å². The van der Waals surface area contributed by atoms with Crippen molar-refractivity contribution in [3.8, 4) is 0 Å². The maximum Gasteiger partial charge on any atom is 0.335 e. The van der Waals surface area contributed by atoms with Gasteiger partial charge in [-0.3, -0.25) is 0 Å². The number of aromatic nitrogens is 1. The van der Waals surface area contributed by atoms with Crippen LogP contribution >= 0.6 is 0 Å². The van der Waals surface area contributed by atoms with E-state index in [4.69, 9.17) is 5.11 Å². The van der Waals surface area contributed by atoms with Gasteiger partial charge in [0, 0.05) is 23.1 Å². The molecule has 4 nitrogen and oxygen atoms in total. The summed E-state index contributed by atoms with van der Waals surface area (Å²) < 4.78 is 2.15. The van der Waals surface area contributed by atoms with E-state index in [-0.39, 0.29) is 0 Å². The average molecular weight is 275 g/mol. The first kappa shape index (κ1) is 14.6. The van der Waals surface area contributed by atoms with Crippen LogP contribution < -0.4 is 0 Å². The van der Waals surface area contributed by atoms with Crippen LogP contribution in [0.3, 0.4) is 0 Å². The SMILES string of the molecule is Cc1c(C)n(CCC(C)(C)O)c2ccc(C(=O)O)cc12. The Morgan fingerprint density at radius 3 is 2.50 bits per heavy atom. The van der Waals surface area contributed by atoms with Crippen LogP contribution in [0.4, 0.5) is 0 Å². The Hall–Kier alpha value is -1.81. The third kappa shape index (κ3) is 2.70. The Bertz CT molecular complexity index is 662. The Morgan fingerprint density at radius 1 is 1.30 bits per heavy atom. The normalized spacial score (nSPS) is 12.1. The largest absolute Gasteiger partial charge is 0.478 e. The molecule has 2 rings (SSSR count). The summed E-state index contributed by atoms with van der Waals surface area (Å²) in [4.78, 5) is 11.1. The van der Waals surface area contributed by atoms with Gasteiger partial charge in [0.2, 0.25) is 0 Å². The van der Waals surface area contributed by atoms with Crippen molar-refractivity contribution in [2.75, 3.05) is 0 Å². The first-order valence-electron chi connectivity index (χ1n) is 6.76. The first-order chi connectivity index (χ1) is 9.20. The van der Waals surface area contributed by atoms with Gasteiger partial charge in [-0.25, -0.2) is 4.79 Å². The molecule has 0 radical (unpaired) electrons. The second-order valence-corrected chi connectivity index (χ2v) is 5.96. The summed E-state index contributed by atoms with van der Waals surface area (Å²) in [6, 6.07) is 5.20. The summed E-state index contributed by atoms with van der Waals surface area (Å²) in [5.74, 6) is -0.909. The molecule has 0 aliphatic heterocycles. The predicted octanol–water partition coefficient (Wildman–Crippen LogP) is 3.12. The van der Waals surface area contributed by atoms with Gasteiger partial charge in [0.25, 0.3) is 0 Å². The number of fused-ring (bicyclic) bond motifs is 1. The van der Waals surface area contributed by atoms with Crippen LogP contribution in [0.5, 0.6) is 0 Å². The zero-order chi connectivity index (χ0) is 15.1. The molecule has 2 N–H and O–H groups in total. The molecular formula is C16H21NO3. The summed E-state index contributed by atoms with van der Waals surface area (Å²) in [6.07, 6.45) is 0.651. The average Bonchev–Trinajstić information content (AvgIpc) is 2.58. The van der Waals surface area contributed by atoms with Crippen molar-refractivity contribution in [1.82, 2.24) is 4.57 Å². The van der Waals surface area contributed by atoms with E-state index in [0.29, 0.717) is 18.5 Å². The van der Waals surface area contributed by atoms with Crippen molar-refractivity contribution in [3.63, 3.8) is 0 Å². The van der Waals surface area contributed by atoms with E-state index < -0.39 is 11.6 Å². The lowest BCUT2D eigenvalue weighted by atomic mass is 10.1. The molecule has 0 saturated carbocycles. The van der Waals surface area contributed by atoms with Crippen molar-refractivity contribution in [2.45, 2.75) is 46.3 Å². The number of carboxylic acid groups (broad SMARTS) is 1. The number of benzene rings is 1.